The van der Waals surface area contributed by atoms with Gasteiger partial charge in [-0.3, -0.25) is 10.1 Å². The molecule has 0 saturated heterocycles. The largest absolute Gasteiger partial charge is 0.360 e. The van der Waals surface area contributed by atoms with Crippen molar-refractivity contribution in [1.82, 2.24) is 4.98 Å². The molecule has 0 spiro atoms. The number of nitro groups is 1. The molecule has 0 bridgehead atoms. The predicted octanol–water partition coefficient (Wildman–Crippen LogP) is 1.08. The van der Waals surface area contributed by atoms with E-state index in [4.69, 9.17) is 5.73 Å². The van der Waals surface area contributed by atoms with E-state index in [1.165, 1.54) is 6.20 Å². The first-order chi connectivity index (χ1) is 7.56. The minimum Gasteiger partial charge on any atom is -0.360 e. The Morgan fingerprint density at radius 3 is 2.81 bits per heavy atom. The number of aryl methyl sites for hydroxylation is 1. The van der Waals surface area contributed by atoms with Crippen molar-refractivity contribution in [2.24, 2.45) is 5.73 Å². The third-order valence-electron chi connectivity index (χ3n) is 2.35. The summed E-state index contributed by atoms with van der Waals surface area (Å²) in [5, 5.41) is 10.6. The molecule has 0 radical (unpaired) electrons. The van der Waals surface area contributed by atoms with Gasteiger partial charge in [-0.1, -0.05) is 0 Å². The summed E-state index contributed by atoms with van der Waals surface area (Å²) in [6.07, 6.45) is 2.16. The van der Waals surface area contributed by atoms with E-state index in [2.05, 4.69) is 4.98 Å². The van der Waals surface area contributed by atoms with Crippen LogP contribution in [0.2, 0.25) is 0 Å². The van der Waals surface area contributed by atoms with Crippen molar-refractivity contribution in [2.45, 2.75) is 13.3 Å². The van der Waals surface area contributed by atoms with Crippen molar-refractivity contribution in [3.63, 3.8) is 0 Å². The van der Waals surface area contributed by atoms with Gasteiger partial charge in [0.05, 0.1) is 4.92 Å². The molecular formula is C10H16N4O2. The first-order valence-electron chi connectivity index (χ1n) is 5.08. The molecule has 88 valence electrons. The quantitative estimate of drug-likeness (QED) is 0.597. The Hall–Kier alpha value is -1.69. The van der Waals surface area contributed by atoms with E-state index >= 15 is 0 Å². The summed E-state index contributed by atoms with van der Waals surface area (Å²) in [4.78, 5) is 16.2. The van der Waals surface area contributed by atoms with E-state index in [0.29, 0.717) is 12.1 Å². The van der Waals surface area contributed by atoms with Crippen molar-refractivity contribution in [2.75, 3.05) is 25.0 Å². The van der Waals surface area contributed by atoms with Gasteiger partial charge < -0.3 is 10.6 Å². The van der Waals surface area contributed by atoms with Crippen LogP contribution in [-0.2, 0) is 0 Å². The first-order valence-corrected chi connectivity index (χ1v) is 5.08. The van der Waals surface area contributed by atoms with E-state index in [0.717, 1.165) is 18.8 Å². The Balaban J connectivity index is 2.84. The van der Waals surface area contributed by atoms with Gasteiger partial charge in [0, 0.05) is 19.2 Å². The molecule has 0 aliphatic heterocycles. The molecule has 6 heteroatoms. The first kappa shape index (κ1) is 12.4. The lowest BCUT2D eigenvalue weighted by atomic mass is 10.2. The molecule has 1 aromatic rings. The van der Waals surface area contributed by atoms with E-state index in [-0.39, 0.29) is 5.69 Å². The summed E-state index contributed by atoms with van der Waals surface area (Å²) in [6, 6.07) is 1.72. The molecule has 0 aliphatic carbocycles. The average Bonchev–Trinajstić information content (AvgIpc) is 2.25. The Kier molecular flexibility index (Phi) is 4.19. The maximum absolute atomic E-state index is 10.6. The van der Waals surface area contributed by atoms with Crippen LogP contribution in [0.1, 0.15) is 12.0 Å². The van der Waals surface area contributed by atoms with Crippen LogP contribution in [0, 0.1) is 17.0 Å². The van der Waals surface area contributed by atoms with Gasteiger partial charge >= 0.3 is 0 Å². The molecule has 0 aliphatic rings. The summed E-state index contributed by atoms with van der Waals surface area (Å²) in [5.74, 6) is 0.733. The van der Waals surface area contributed by atoms with Gasteiger partial charge in [-0.25, -0.2) is 4.98 Å². The van der Waals surface area contributed by atoms with Crippen molar-refractivity contribution >= 4 is 11.5 Å². The molecule has 2 N–H and O–H groups in total. The van der Waals surface area contributed by atoms with Crippen molar-refractivity contribution in [1.29, 1.82) is 0 Å². The summed E-state index contributed by atoms with van der Waals surface area (Å²) in [6.45, 7) is 3.12. The van der Waals surface area contributed by atoms with Crippen LogP contribution in [0.15, 0.2) is 12.3 Å². The molecule has 16 heavy (non-hydrogen) atoms. The van der Waals surface area contributed by atoms with Crippen LogP contribution < -0.4 is 10.6 Å². The number of nitrogens with zero attached hydrogens (tertiary/aromatic N) is 3. The number of hydrogen-bond donors (Lipinski definition) is 1. The zero-order valence-electron chi connectivity index (χ0n) is 9.51. The lowest BCUT2D eigenvalue weighted by Crippen LogP contribution is -2.22. The molecule has 0 saturated carbocycles. The monoisotopic (exact) mass is 224 g/mol. The normalized spacial score (nSPS) is 10.2. The summed E-state index contributed by atoms with van der Waals surface area (Å²) < 4.78 is 0. The van der Waals surface area contributed by atoms with Gasteiger partial charge in [0.2, 0.25) is 0 Å². The Bertz CT molecular complexity index is 381. The zero-order valence-corrected chi connectivity index (χ0v) is 9.51. The van der Waals surface area contributed by atoms with Crippen LogP contribution in [0.4, 0.5) is 11.5 Å². The third-order valence-corrected chi connectivity index (χ3v) is 2.35. The molecular weight excluding hydrogens is 208 g/mol. The standard InChI is InChI=1S/C10H16N4O2/c1-8-6-10(13(2)5-3-4-11)12-7-9(8)14(15)16/h6-7H,3-5,11H2,1-2H3. The topological polar surface area (TPSA) is 85.3 Å². The fourth-order valence-electron chi connectivity index (χ4n) is 1.38. The second kappa shape index (κ2) is 5.41. The molecule has 0 amide bonds. The van der Waals surface area contributed by atoms with Crippen LogP contribution in [0.25, 0.3) is 0 Å². The summed E-state index contributed by atoms with van der Waals surface area (Å²) in [5.41, 5.74) is 6.08. The highest BCUT2D eigenvalue weighted by atomic mass is 16.6. The number of hydrogen-bond acceptors (Lipinski definition) is 5. The maximum atomic E-state index is 10.6. The molecule has 1 rings (SSSR count). The number of aromatic nitrogens is 1. The molecule has 0 fully saturated rings. The highest BCUT2D eigenvalue weighted by Gasteiger charge is 2.12. The highest BCUT2D eigenvalue weighted by Crippen LogP contribution is 2.20. The summed E-state index contributed by atoms with van der Waals surface area (Å²) in [7, 11) is 1.89. The van der Waals surface area contributed by atoms with Gasteiger partial charge in [0.1, 0.15) is 12.0 Å². The maximum Gasteiger partial charge on any atom is 0.290 e. The van der Waals surface area contributed by atoms with E-state index in [1.807, 2.05) is 11.9 Å². The number of pyridine rings is 1. The Labute approximate surface area is 94.2 Å². The van der Waals surface area contributed by atoms with Gasteiger partial charge in [-0.05, 0) is 26.0 Å². The van der Waals surface area contributed by atoms with Gasteiger partial charge in [0.15, 0.2) is 0 Å². The zero-order chi connectivity index (χ0) is 12.1. The number of nitrogens with two attached hydrogens (primary N) is 1. The van der Waals surface area contributed by atoms with Crippen molar-refractivity contribution in [3.8, 4) is 0 Å². The van der Waals surface area contributed by atoms with Crippen molar-refractivity contribution in [3.05, 3.63) is 27.9 Å². The Morgan fingerprint density at radius 2 is 2.31 bits per heavy atom. The van der Waals surface area contributed by atoms with E-state index < -0.39 is 4.92 Å². The number of anilines is 1. The minimum atomic E-state index is -0.425. The lowest BCUT2D eigenvalue weighted by Gasteiger charge is -2.17. The molecule has 0 atom stereocenters. The lowest BCUT2D eigenvalue weighted by molar-refractivity contribution is -0.385. The average molecular weight is 224 g/mol. The van der Waals surface area contributed by atoms with Gasteiger partial charge in [-0.15, -0.1) is 0 Å². The van der Waals surface area contributed by atoms with E-state index in [1.54, 1.807) is 13.0 Å². The fraction of sp³-hybridized carbons (Fsp3) is 0.500. The van der Waals surface area contributed by atoms with Crippen molar-refractivity contribution < 1.29 is 4.92 Å². The SMILES string of the molecule is Cc1cc(N(C)CCCN)ncc1[N+](=O)[O-]. The predicted molar refractivity (Wildman–Crippen MR) is 62.6 cm³/mol. The molecule has 6 nitrogen and oxygen atoms in total. The van der Waals surface area contributed by atoms with Crippen LogP contribution in [0.5, 0.6) is 0 Å². The second-order valence-corrected chi connectivity index (χ2v) is 3.65. The van der Waals surface area contributed by atoms with Crippen LogP contribution in [-0.4, -0.2) is 30.0 Å². The number of rotatable bonds is 5. The van der Waals surface area contributed by atoms with Crippen LogP contribution in [0.3, 0.4) is 0 Å². The van der Waals surface area contributed by atoms with Crippen LogP contribution >= 0.6 is 0 Å². The van der Waals surface area contributed by atoms with Gasteiger partial charge in [0.25, 0.3) is 5.69 Å². The second-order valence-electron chi connectivity index (χ2n) is 3.65. The molecule has 1 aromatic heterocycles. The molecule has 0 unspecified atom stereocenters. The summed E-state index contributed by atoms with van der Waals surface area (Å²) >= 11 is 0. The third kappa shape index (κ3) is 2.90. The van der Waals surface area contributed by atoms with Gasteiger partial charge in [-0.2, -0.15) is 0 Å². The van der Waals surface area contributed by atoms with E-state index in [9.17, 15) is 10.1 Å². The molecule has 1 heterocycles. The Morgan fingerprint density at radius 1 is 1.62 bits per heavy atom. The fourth-order valence-corrected chi connectivity index (χ4v) is 1.38. The minimum absolute atomic E-state index is 0.0518. The molecule has 0 aromatic carbocycles. The highest BCUT2D eigenvalue weighted by molar-refractivity contribution is 5.48. The smallest absolute Gasteiger partial charge is 0.290 e.